The van der Waals surface area contributed by atoms with E-state index >= 15 is 0 Å². The summed E-state index contributed by atoms with van der Waals surface area (Å²) in [5.41, 5.74) is 3.21. The van der Waals surface area contributed by atoms with Crippen LogP contribution in [0.3, 0.4) is 0 Å². The Morgan fingerprint density at radius 1 is 1.19 bits per heavy atom. The summed E-state index contributed by atoms with van der Waals surface area (Å²) < 4.78 is 13.5. The minimum absolute atomic E-state index is 0.466. The van der Waals surface area contributed by atoms with Gasteiger partial charge in [0.15, 0.2) is 17.3 Å². The fourth-order valence-electron chi connectivity index (χ4n) is 2.53. The summed E-state index contributed by atoms with van der Waals surface area (Å²) in [7, 11) is 1.62. The van der Waals surface area contributed by atoms with Gasteiger partial charge in [-0.2, -0.15) is 14.9 Å². The fourth-order valence-corrected chi connectivity index (χ4v) is 2.72. The molecule has 0 saturated heterocycles. The molecule has 1 heterocycles. The predicted octanol–water partition coefficient (Wildman–Crippen LogP) is 4.28. The van der Waals surface area contributed by atoms with E-state index in [-0.39, 0.29) is 0 Å². The molecule has 6 nitrogen and oxygen atoms in total. The van der Waals surface area contributed by atoms with Crippen LogP contribution >= 0.6 is 12.2 Å². The summed E-state index contributed by atoms with van der Waals surface area (Å²) >= 11 is 5.20. The van der Waals surface area contributed by atoms with Crippen LogP contribution in [0.5, 0.6) is 11.5 Å². The molecule has 0 aliphatic rings. The number of aromatic amines is 1. The number of ether oxygens (including phenoxy) is 2. The third-order valence-electron chi connectivity index (χ3n) is 4.06. The van der Waals surface area contributed by atoms with E-state index in [9.17, 15) is 0 Å². The first-order valence-corrected chi connectivity index (χ1v) is 9.08. The number of methoxy groups -OCH3 is 1. The second-order valence-corrected chi connectivity index (χ2v) is 6.43. The third kappa shape index (κ3) is 4.62. The number of H-pyrrole nitrogens is 1. The molecule has 27 heavy (non-hydrogen) atoms. The average molecular weight is 382 g/mol. The van der Waals surface area contributed by atoms with Crippen LogP contribution in [0.4, 0.5) is 0 Å². The maximum Gasteiger partial charge on any atom is 0.216 e. The zero-order valence-corrected chi connectivity index (χ0v) is 16.4. The van der Waals surface area contributed by atoms with Crippen molar-refractivity contribution >= 4 is 18.4 Å². The lowest BCUT2D eigenvalue weighted by Crippen LogP contribution is -1.99. The topological polar surface area (TPSA) is 64.4 Å². The monoisotopic (exact) mass is 382 g/mol. The Balaban J connectivity index is 1.75. The fraction of sp³-hybridized carbons (Fsp3) is 0.250. The van der Waals surface area contributed by atoms with E-state index in [1.165, 1.54) is 5.56 Å². The maximum atomic E-state index is 5.91. The highest BCUT2D eigenvalue weighted by Gasteiger charge is 2.06. The van der Waals surface area contributed by atoms with Gasteiger partial charge in [0, 0.05) is 6.42 Å². The summed E-state index contributed by atoms with van der Waals surface area (Å²) in [5, 5.41) is 11.3. The molecular weight excluding hydrogens is 360 g/mol. The van der Waals surface area contributed by atoms with E-state index in [1.807, 2.05) is 25.1 Å². The summed E-state index contributed by atoms with van der Waals surface area (Å²) in [4.78, 5) is 0. The third-order valence-corrected chi connectivity index (χ3v) is 4.32. The Labute approximate surface area is 163 Å². The SMILES string of the molecule is CCc1n[nH]c(=S)n1/N=C/c1ccc(OCc2ccc(C)cc2)c(OC)c1. The number of nitrogens with one attached hydrogen (secondary N) is 1. The first kappa shape index (κ1) is 18.8. The summed E-state index contributed by atoms with van der Waals surface area (Å²) in [5.74, 6) is 2.11. The number of aromatic nitrogens is 3. The molecule has 0 amide bonds. The highest BCUT2D eigenvalue weighted by atomic mass is 32.1. The van der Waals surface area contributed by atoms with E-state index in [0.29, 0.717) is 22.9 Å². The number of benzene rings is 2. The van der Waals surface area contributed by atoms with Gasteiger partial charge >= 0.3 is 0 Å². The molecule has 7 heteroatoms. The van der Waals surface area contributed by atoms with Gasteiger partial charge in [-0.1, -0.05) is 36.8 Å². The second-order valence-electron chi connectivity index (χ2n) is 6.04. The molecule has 0 unspecified atom stereocenters. The van der Waals surface area contributed by atoms with E-state index < -0.39 is 0 Å². The van der Waals surface area contributed by atoms with Crippen LogP contribution < -0.4 is 9.47 Å². The van der Waals surface area contributed by atoms with Crippen LogP contribution in [0, 0.1) is 11.7 Å². The Hall–Kier alpha value is -2.93. The van der Waals surface area contributed by atoms with E-state index in [1.54, 1.807) is 18.0 Å². The molecule has 0 saturated carbocycles. The normalized spacial score (nSPS) is 11.1. The Bertz CT molecular complexity index is 990. The Morgan fingerprint density at radius 3 is 2.67 bits per heavy atom. The molecule has 0 atom stereocenters. The molecule has 0 bridgehead atoms. The van der Waals surface area contributed by atoms with Crippen molar-refractivity contribution in [3.8, 4) is 11.5 Å². The van der Waals surface area contributed by atoms with Crippen molar-refractivity contribution in [1.82, 2.24) is 14.9 Å². The van der Waals surface area contributed by atoms with Gasteiger partial charge in [-0.3, -0.25) is 5.10 Å². The minimum Gasteiger partial charge on any atom is -0.493 e. The Kier molecular flexibility index (Phi) is 6.03. The number of hydrogen-bond acceptors (Lipinski definition) is 5. The van der Waals surface area contributed by atoms with E-state index in [2.05, 4.69) is 46.5 Å². The first-order chi connectivity index (χ1) is 13.1. The lowest BCUT2D eigenvalue weighted by atomic mass is 10.2. The molecule has 1 aromatic heterocycles. The van der Waals surface area contributed by atoms with Gasteiger partial charge in [-0.05, 0) is 48.5 Å². The largest absolute Gasteiger partial charge is 0.493 e. The standard InChI is InChI=1S/C20H22N4O2S/c1-4-19-22-23-20(27)24(19)21-12-16-9-10-17(18(11-16)25-3)26-13-15-7-5-14(2)6-8-15/h5-12H,4,13H2,1-3H3,(H,23,27)/b21-12+. The van der Waals surface area contributed by atoms with Crippen molar-refractivity contribution in [1.29, 1.82) is 0 Å². The van der Waals surface area contributed by atoms with E-state index in [4.69, 9.17) is 21.7 Å². The molecule has 0 aliphatic heterocycles. The van der Waals surface area contributed by atoms with E-state index in [0.717, 1.165) is 23.4 Å². The number of aryl methyl sites for hydroxylation is 2. The van der Waals surface area contributed by atoms with Crippen molar-refractivity contribution < 1.29 is 9.47 Å². The quantitative estimate of drug-likeness (QED) is 0.489. The summed E-state index contributed by atoms with van der Waals surface area (Å²) in [6, 6.07) is 13.9. The van der Waals surface area contributed by atoms with Gasteiger partial charge in [0.1, 0.15) is 6.61 Å². The number of hydrogen-bond donors (Lipinski definition) is 1. The maximum absolute atomic E-state index is 5.91. The summed E-state index contributed by atoms with van der Waals surface area (Å²) in [6.07, 6.45) is 2.45. The molecule has 0 fully saturated rings. The van der Waals surface area contributed by atoms with Gasteiger partial charge < -0.3 is 9.47 Å². The number of nitrogens with zero attached hydrogens (tertiary/aromatic N) is 3. The molecule has 2 aromatic carbocycles. The average Bonchev–Trinajstić information content (AvgIpc) is 3.05. The van der Waals surface area contributed by atoms with Crippen LogP contribution in [0.2, 0.25) is 0 Å². The molecule has 0 spiro atoms. The van der Waals surface area contributed by atoms with Crippen LogP contribution in [0.1, 0.15) is 29.4 Å². The lowest BCUT2D eigenvalue weighted by molar-refractivity contribution is 0.284. The smallest absolute Gasteiger partial charge is 0.216 e. The van der Waals surface area contributed by atoms with Gasteiger partial charge in [0.25, 0.3) is 0 Å². The Morgan fingerprint density at radius 2 is 1.96 bits per heavy atom. The van der Waals surface area contributed by atoms with Crippen LogP contribution in [0.25, 0.3) is 0 Å². The van der Waals surface area contributed by atoms with Crippen molar-refractivity contribution in [2.75, 3.05) is 7.11 Å². The molecular formula is C20H22N4O2S. The predicted molar refractivity (Wildman–Crippen MR) is 108 cm³/mol. The van der Waals surface area contributed by atoms with Crippen LogP contribution in [0.15, 0.2) is 47.6 Å². The first-order valence-electron chi connectivity index (χ1n) is 8.67. The second kappa shape index (κ2) is 8.64. The zero-order valence-electron chi connectivity index (χ0n) is 15.6. The van der Waals surface area contributed by atoms with Gasteiger partial charge in [-0.25, -0.2) is 0 Å². The van der Waals surface area contributed by atoms with Crippen molar-refractivity contribution in [2.24, 2.45) is 5.10 Å². The molecule has 1 N–H and O–H groups in total. The molecule has 0 aliphatic carbocycles. The molecule has 140 valence electrons. The summed E-state index contributed by atoms with van der Waals surface area (Å²) in [6.45, 7) is 4.54. The van der Waals surface area contributed by atoms with Gasteiger partial charge in [-0.15, -0.1) is 0 Å². The van der Waals surface area contributed by atoms with Gasteiger partial charge in [0.05, 0.1) is 13.3 Å². The van der Waals surface area contributed by atoms with Crippen LogP contribution in [-0.4, -0.2) is 28.2 Å². The highest BCUT2D eigenvalue weighted by Crippen LogP contribution is 2.28. The highest BCUT2D eigenvalue weighted by molar-refractivity contribution is 7.71. The van der Waals surface area contributed by atoms with Gasteiger partial charge in [0.2, 0.25) is 4.77 Å². The van der Waals surface area contributed by atoms with Crippen molar-refractivity contribution in [2.45, 2.75) is 26.9 Å². The van der Waals surface area contributed by atoms with Crippen molar-refractivity contribution in [3.05, 3.63) is 69.8 Å². The molecule has 3 rings (SSSR count). The molecule has 3 aromatic rings. The molecule has 0 radical (unpaired) electrons. The van der Waals surface area contributed by atoms with Crippen molar-refractivity contribution in [3.63, 3.8) is 0 Å². The van der Waals surface area contributed by atoms with Crippen LogP contribution in [-0.2, 0) is 13.0 Å². The minimum atomic E-state index is 0.466. The number of rotatable bonds is 7. The zero-order chi connectivity index (χ0) is 19.2. The lowest BCUT2D eigenvalue weighted by Gasteiger charge is -2.11.